The first-order chi connectivity index (χ1) is 17.1. The molecule has 8 heteroatoms. The van der Waals surface area contributed by atoms with E-state index in [2.05, 4.69) is 35.2 Å². The smallest absolute Gasteiger partial charge is 0.308 e. The van der Waals surface area contributed by atoms with Gasteiger partial charge in [0.1, 0.15) is 6.07 Å². The number of nitrogens with zero attached hydrogens (tertiary/aromatic N) is 2. The van der Waals surface area contributed by atoms with Crippen LogP contribution in [0.15, 0.2) is 30.5 Å². The first-order valence-electron chi connectivity index (χ1n) is 12.6. The molecule has 0 unspecified atom stereocenters. The second-order valence-electron chi connectivity index (χ2n) is 10.6. The second kappa shape index (κ2) is 10.3. The number of nitrogens with one attached hydrogen (secondary N) is 2. The maximum Gasteiger partial charge on any atom is 0.308 e. The van der Waals surface area contributed by atoms with Gasteiger partial charge in [-0.3, -0.25) is 9.59 Å². The molecule has 2 aromatic rings. The van der Waals surface area contributed by atoms with Crippen LogP contribution in [-0.2, 0) is 15.1 Å². The van der Waals surface area contributed by atoms with Crippen molar-refractivity contribution < 1.29 is 19.4 Å². The number of carbonyl (C=O) groups excluding carboxylic acids is 2. The van der Waals surface area contributed by atoms with Crippen LogP contribution >= 0.6 is 0 Å². The predicted molar refractivity (Wildman–Crippen MR) is 136 cm³/mol. The van der Waals surface area contributed by atoms with Gasteiger partial charge in [-0.05, 0) is 80.6 Å². The van der Waals surface area contributed by atoms with Gasteiger partial charge in [0, 0.05) is 17.4 Å². The maximum atomic E-state index is 12.9. The van der Waals surface area contributed by atoms with Gasteiger partial charge in [-0.15, -0.1) is 0 Å². The number of aromatic amines is 1. The molecule has 1 aromatic carbocycles. The van der Waals surface area contributed by atoms with E-state index >= 15 is 0 Å². The lowest BCUT2D eigenvalue weighted by Gasteiger charge is -2.36. The van der Waals surface area contributed by atoms with Crippen molar-refractivity contribution in [1.29, 1.82) is 5.26 Å². The summed E-state index contributed by atoms with van der Waals surface area (Å²) < 4.78 is 5.17. The topological polar surface area (TPSA) is 128 Å². The van der Waals surface area contributed by atoms with Crippen LogP contribution in [0, 0.1) is 22.7 Å². The zero-order valence-electron chi connectivity index (χ0n) is 21.2. The minimum Gasteiger partial charge on any atom is -0.466 e. The summed E-state index contributed by atoms with van der Waals surface area (Å²) in [6, 6.07) is 7.57. The van der Waals surface area contributed by atoms with Gasteiger partial charge in [-0.25, -0.2) is 4.98 Å². The van der Waals surface area contributed by atoms with Gasteiger partial charge in [-0.2, -0.15) is 5.26 Å². The molecule has 1 heterocycles. The number of benzene rings is 1. The number of aromatic nitrogens is 2. The van der Waals surface area contributed by atoms with Crippen LogP contribution in [0.4, 0.5) is 5.69 Å². The maximum absolute atomic E-state index is 12.9. The molecule has 36 heavy (non-hydrogen) atoms. The molecule has 2 aliphatic carbocycles. The Hall–Kier alpha value is -3.44. The average molecular weight is 491 g/mol. The molecule has 0 aliphatic heterocycles. The van der Waals surface area contributed by atoms with Crippen molar-refractivity contribution in [2.45, 2.75) is 71.3 Å². The molecule has 8 nitrogen and oxygen atoms in total. The molecule has 0 radical (unpaired) electrons. The summed E-state index contributed by atoms with van der Waals surface area (Å²) in [4.78, 5) is 31.8. The van der Waals surface area contributed by atoms with Crippen molar-refractivity contribution in [3.63, 3.8) is 0 Å². The summed E-state index contributed by atoms with van der Waals surface area (Å²) in [6.07, 6.45) is 8.50. The highest BCUT2D eigenvalue weighted by molar-refractivity contribution is 6.03. The van der Waals surface area contributed by atoms with E-state index < -0.39 is 11.5 Å². The predicted octanol–water partition coefficient (Wildman–Crippen LogP) is 5.07. The van der Waals surface area contributed by atoms with Crippen molar-refractivity contribution in [3.05, 3.63) is 53.1 Å². The molecule has 190 valence electrons. The number of hydrogen-bond donors (Lipinski definition) is 3. The standard InChI is InChI=1S/C28H34N4O4/c1-4-36-26(34)19-9-13-28(35,14-10-19)20-5-6-23(32-25(33)24-30-17-21(16-29)31-24)22(15-20)18-7-11-27(2,3)12-8-18/h5-7,15,17,19,35H,4,8-14H2,1-3H3,(H,30,31)(H,32,33). The van der Waals surface area contributed by atoms with Gasteiger partial charge in [0.2, 0.25) is 0 Å². The summed E-state index contributed by atoms with van der Waals surface area (Å²) >= 11 is 0. The lowest BCUT2D eigenvalue weighted by molar-refractivity contribution is -0.151. The summed E-state index contributed by atoms with van der Waals surface area (Å²) in [6.45, 7) is 6.65. The second-order valence-corrected chi connectivity index (χ2v) is 10.6. The van der Waals surface area contributed by atoms with Gasteiger partial charge in [-0.1, -0.05) is 26.0 Å². The fraction of sp³-hybridized carbons (Fsp3) is 0.500. The fourth-order valence-electron chi connectivity index (χ4n) is 5.09. The lowest BCUT2D eigenvalue weighted by Crippen LogP contribution is -2.34. The van der Waals surface area contributed by atoms with Crippen LogP contribution in [0.5, 0.6) is 0 Å². The fourth-order valence-corrected chi connectivity index (χ4v) is 5.09. The van der Waals surface area contributed by atoms with E-state index in [1.165, 1.54) is 6.20 Å². The molecule has 0 saturated heterocycles. The number of amides is 1. The van der Waals surface area contributed by atoms with Gasteiger partial charge < -0.3 is 20.1 Å². The van der Waals surface area contributed by atoms with Crippen LogP contribution in [0.3, 0.4) is 0 Å². The number of anilines is 1. The van der Waals surface area contributed by atoms with E-state index in [0.717, 1.165) is 36.0 Å². The lowest BCUT2D eigenvalue weighted by atomic mass is 9.73. The Morgan fingerprint density at radius 3 is 2.64 bits per heavy atom. The number of imidazole rings is 1. The third-order valence-electron chi connectivity index (χ3n) is 7.46. The molecule has 0 spiro atoms. The Bertz CT molecular complexity index is 1210. The van der Waals surface area contributed by atoms with Crippen LogP contribution in [0.25, 0.3) is 5.57 Å². The Morgan fingerprint density at radius 2 is 2.03 bits per heavy atom. The van der Waals surface area contributed by atoms with Gasteiger partial charge in [0.05, 0.1) is 18.1 Å². The largest absolute Gasteiger partial charge is 0.466 e. The highest BCUT2D eigenvalue weighted by Gasteiger charge is 2.38. The molecular formula is C28H34N4O4. The summed E-state index contributed by atoms with van der Waals surface area (Å²) in [7, 11) is 0. The Morgan fingerprint density at radius 1 is 1.28 bits per heavy atom. The number of aliphatic hydroxyl groups is 1. The quantitative estimate of drug-likeness (QED) is 0.485. The number of hydrogen-bond acceptors (Lipinski definition) is 6. The molecule has 1 amide bonds. The molecule has 0 bridgehead atoms. The molecule has 1 saturated carbocycles. The highest BCUT2D eigenvalue weighted by Crippen LogP contribution is 2.44. The summed E-state index contributed by atoms with van der Waals surface area (Å²) in [5.41, 5.74) is 2.75. The van der Waals surface area contributed by atoms with E-state index in [1.54, 1.807) is 6.92 Å². The highest BCUT2D eigenvalue weighted by atomic mass is 16.5. The third kappa shape index (κ3) is 5.52. The minimum atomic E-state index is -1.04. The zero-order chi connectivity index (χ0) is 25.9. The Kier molecular flexibility index (Phi) is 7.32. The SMILES string of the molecule is CCOC(=O)C1CCC(O)(c2ccc(NC(=O)c3nc(C#N)c[nH]3)c(C3=CCC(C)(C)CC3)c2)CC1. The van der Waals surface area contributed by atoms with Gasteiger partial charge in [0.25, 0.3) is 5.91 Å². The molecule has 1 aromatic heterocycles. The van der Waals surface area contributed by atoms with E-state index in [1.807, 2.05) is 24.3 Å². The monoisotopic (exact) mass is 490 g/mol. The third-order valence-corrected chi connectivity index (χ3v) is 7.46. The van der Waals surface area contributed by atoms with Crippen molar-refractivity contribution in [2.24, 2.45) is 11.3 Å². The van der Waals surface area contributed by atoms with Crippen LogP contribution in [-0.4, -0.2) is 33.6 Å². The Balaban J connectivity index is 1.62. The van der Waals surface area contributed by atoms with E-state index in [-0.39, 0.29) is 28.8 Å². The molecule has 3 N–H and O–H groups in total. The van der Waals surface area contributed by atoms with Gasteiger partial charge in [0.15, 0.2) is 11.5 Å². The number of H-pyrrole nitrogens is 1. The Labute approximate surface area is 211 Å². The van der Waals surface area contributed by atoms with Crippen molar-refractivity contribution >= 4 is 23.1 Å². The molecule has 2 aliphatic rings. The average Bonchev–Trinajstić information content (AvgIpc) is 3.35. The number of ether oxygens (including phenoxy) is 1. The van der Waals surface area contributed by atoms with Crippen LogP contribution in [0.1, 0.15) is 93.2 Å². The summed E-state index contributed by atoms with van der Waals surface area (Å²) in [5.74, 6) is -0.740. The van der Waals surface area contributed by atoms with Crippen molar-refractivity contribution in [2.75, 3.05) is 11.9 Å². The first-order valence-corrected chi connectivity index (χ1v) is 12.6. The number of esters is 1. The number of allylic oxidation sites excluding steroid dienone is 2. The van der Waals surface area contributed by atoms with Crippen LogP contribution in [0.2, 0.25) is 0 Å². The zero-order valence-corrected chi connectivity index (χ0v) is 21.2. The van der Waals surface area contributed by atoms with Crippen molar-refractivity contribution in [3.8, 4) is 6.07 Å². The number of rotatable bonds is 6. The minimum absolute atomic E-state index is 0.0660. The van der Waals surface area contributed by atoms with E-state index in [9.17, 15) is 14.7 Å². The van der Waals surface area contributed by atoms with E-state index in [0.29, 0.717) is 38.0 Å². The first kappa shape index (κ1) is 25.6. The molecular weight excluding hydrogens is 456 g/mol. The summed E-state index contributed by atoms with van der Waals surface area (Å²) in [5, 5.41) is 23.5. The molecule has 4 rings (SSSR count). The number of nitriles is 1. The molecule has 0 atom stereocenters. The van der Waals surface area contributed by atoms with Gasteiger partial charge >= 0.3 is 5.97 Å². The van der Waals surface area contributed by atoms with Crippen LogP contribution < -0.4 is 5.32 Å². The normalized spacial score (nSPS) is 23.3. The van der Waals surface area contributed by atoms with Crippen molar-refractivity contribution in [1.82, 2.24) is 9.97 Å². The van der Waals surface area contributed by atoms with E-state index in [4.69, 9.17) is 10.00 Å². The number of carbonyl (C=O) groups is 2. The molecule has 1 fully saturated rings.